The molecule has 92 valence electrons. The minimum atomic E-state index is -0.314. The number of rotatable bonds is 3. The van der Waals surface area contributed by atoms with Crippen molar-refractivity contribution in [1.82, 2.24) is 0 Å². The number of nitrogen functional groups attached to an aromatic ring is 1. The normalized spacial score (nSPS) is 12.1. The van der Waals surface area contributed by atoms with Crippen LogP contribution in [0.3, 0.4) is 0 Å². The van der Waals surface area contributed by atoms with E-state index in [2.05, 4.69) is 0 Å². The molecule has 18 heavy (non-hydrogen) atoms. The highest BCUT2D eigenvalue weighted by Crippen LogP contribution is 2.27. The van der Waals surface area contributed by atoms with Crippen molar-refractivity contribution in [1.29, 1.82) is 0 Å². The second-order valence-corrected chi connectivity index (χ2v) is 4.30. The number of hydrogen-bond acceptors (Lipinski definition) is 3. The Kier molecular flexibility index (Phi) is 3.33. The van der Waals surface area contributed by atoms with Crippen molar-refractivity contribution in [2.75, 3.05) is 5.73 Å². The highest BCUT2D eigenvalue weighted by molar-refractivity contribution is 5.87. The molecular formula is C15H15NO2. The molecule has 0 amide bonds. The number of carbonyl (C=O) groups excluding carboxylic acids is 1. The maximum Gasteiger partial charge on any atom is 0.141 e. The van der Waals surface area contributed by atoms with Gasteiger partial charge in [0.2, 0.25) is 0 Å². The second kappa shape index (κ2) is 4.92. The van der Waals surface area contributed by atoms with E-state index >= 15 is 0 Å². The predicted octanol–water partition coefficient (Wildman–Crippen LogP) is 2.70. The Labute approximate surface area is 106 Å². The number of Topliss-reactive ketones (excluding diaryl/α,β-unsaturated/α-hetero) is 1. The SMILES string of the molecule is CC(=O)C(c1ccc(N)cc1)c1ccc(O)cc1. The Morgan fingerprint density at radius 2 is 1.44 bits per heavy atom. The molecule has 0 aliphatic heterocycles. The van der Waals surface area contributed by atoms with Gasteiger partial charge in [-0.15, -0.1) is 0 Å². The number of benzene rings is 2. The Morgan fingerprint density at radius 1 is 1.00 bits per heavy atom. The van der Waals surface area contributed by atoms with Gasteiger partial charge < -0.3 is 10.8 Å². The largest absolute Gasteiger partial charge is 0.508 e. The molecule has 2 aromatic rings. The molecule has 0 heterocycles. The van der Waals surface area contributed by atoms with Gasteiger partial charge in [0.25, 0.3) is 0 Å². The molecule has 1 atom stereocenters. The third-order valence-electron chi connectivity index (χ3n) is 2.90. The topological polar surface area (TPSA) is 63.3 Å². The lowest BCUT2D eigenvalue weighted by atomic mass is 9.88. The second-order valence-electron chi connectivity index (χ2n) is 4.30. The molecule has 0 aliphatic rings. The van der Waals surface area contributed by atoms with E-state index in [1.807, 2.05) is 12.1 Å². The molecule has 0 bridgehead atoms. The van der Waals surface area contributed by atoms with Gasteiger partial charge in [0.1, 0.15) is 11.5 Å². The minimum absolute atomic E-state index is 0.0606. The highest BCUT2D eigenvalue weighted by Gasteiger charge is 2.18. The number of nitrogens with two attached hydrogens (primary N) is 1. The van der Waals surface area contributed by atoms with E-state index in [0.717, 1.165) is 11.1 Å². The van der Waals surface area contributed by atoms with Crippen molar-refractivity contribution in [3.05, 3.63) is 59.7 Å². The van der Waals surface area contributed by atoms with Crippen molar-refractivity contribution in [2.24, 2.45) is 0 Å². The fraction of sp³-hybridized carbons (Fsp3) is 0.133. The molecule has 1 unspecified atom stereocenters. The zero-order valence-electron chi connectivity index (χ0n) is 10.1. The average molecular weight is 241 g/mol. The monoisotopic (exact) mass is 241 g/mol. The first-order valence-corrected chi connectivity index (χ1v) is 5.73. The van der Waals surface area contributed by atoms with Crippen LogP contribution in [0.5, 0.6) is 5.75 Å². The van der Waals surface area contributed by atoms with Crippen LogP contribution in [0.25, 0.3) is 0 Å². The molecule has 3 nitrogen and oxygen atoms in total. The molecule has 0 aliphatic carbocycles. The van der Waals surface area contributed by atoms with E-state index in [-0.39, 0.29) is 17.5 Å². The van der Waals surface area contributed by atoms with Crippen LogP contribution in [-0.2, 0) is 4.79 Å². The molecule has 0 spiro atoms. The fourth-order valence-electron chi connectivity index (χ4n) is 2.02. The first kappa shape index (κ1) is 12.2. The summed E-state index contributed by atoms with van der Waals surface area (Å²) in [5.41, 5.74) is 8.09. The van der Waals surface area contributed by atoms with Gasteiger partial charge in [-0.25, -0.2) is 0 Å². The van der Waals surface area contributed by atoms with Crippen LogP contribution in [-0.4, -0.2) is 10.9 Å². The zero-order valence-corrected chi connectivity index (χ0v) is 10.1. The smallest absolute Gasteiger partial charge is 0.141 e. The van der Waals surface area contributed by atoms with Crippen molar-refractivity contribution in [3.63, 3.8) is 0 Å². The van der Waals surface area contributed by atoms with E-state index in [0.29, 0.717) is 5.69 Å². The summed E-state index contributed by atoms with van der Waals surface area (Å²) in [6.07, 6.45) is 0. The Balaban J connectivity index is 2.43. The maximum atomic E-state index is 11.8. The van der Waals surface area contributed by atoms with Crippen LogP contribution in [0.4, 0.5) is 5.69 Å². The predicted molar refractivity (Wildman–Crippen MR) is 71.5 cm³/mol. The fourth-order valence-corrected chi connectivity index (χ4v) is 2.02. The van der Waals surface area contributed by atoms with Crippen molar-refractivity contribution in [2.45, 2.75) is 12.8 Å². The third kappa shape index (κ3) is 2.51. The number of ketones is 1. The third-order valence-corrected chi connectivity index (χ3v) is 2.90. The Morgan fingerprint density at radius 3 is 1.89 bits per heavy atom. The summed E-state index contributed by atoms with van der Waals surface area (Å²) < 4.78 is 0. The van der Waals surface area contributed by atoms with Crippen molar-refractivity contribution in [3.8, 4) is 5.75 Å². The zero-order chi connectivity index (χ0) is 13.1. The van der Waals surface area contributed by atoms with Gasteiger partial charge in [0, 0.05) is 5.69 Å². The lowest BCUT2D eigenvalue weighted by Crippen LogP contribution is -2.10. The number of carbonyl (C=O) groups is 1. The molecule has 2 aromatic carbocycles. The van der Waals surface area contributed by atoms with Crippen LogP contribution in [0.15, 0.2) is 48.5 Å². The van der Waals surface area contributed by atoms with E-state index in [1.54, 1.807) is 43.3 Å². The van der Waals surface area contributed by atoms with Crippen LogP contribution >= 0.6 is 0 Å². The quantitative estimate of drug-likeness (QED) is 0.812. The summed E-state index contributed by atoms with van der Waals surface area (Å²) in [5, 5.41) is 9.28. The molecule has 2 rings (SSSR count). The number of phenolic OH excluding ortho intramolecular Hbond substituents is 1. The molecule has 0 saturated heterocycles. The van der Waals surface area contributed by atoms with E-state index in [9.17, 15) is 9.90 Å². The minimum Gasteiger partial charge on any atom is -0.508 e. The average Bonchev–Trinajstić information content (AvgIpc) is 2.34. The molecule has 0 radical (unpaired) electrons. The summed E-state index contributed by atoms with van der Waals surface area (Å²) >= 11 is 0. The van der Waals surface area contributed by atoms with Crippen LogP contribution < -0.4 is 5.73 Å². The van der Waals surface area contributed by atoms with Crippen LogP contribution in [0, 0.1) is 0 Å². The molecule has 0 fully saturated rings. The number of anilines is 1. The molecule has 0 aromatic heterocycles. The molecular weight excluding hydrogens is 226 g/mol. The van der Waals surface area contributed by atoms with Crippen LogP contribution in [0.1, 0.15) is 24.0 Å². The van der Waals surface area contributed by atoms with Gasteiger partial charge in [0.05, 0.1) is 5.92 Å². The van der Waals surface area contributed by atoms with Gasteiger partial charge in [-0.2, -0.15) is 0 Å². The van der Waals surface area contributed by atoms with E-state index in [1.165, 1.54) is 0 Å². The van der Waals surface area contributed by atoms with Crippen molar-refractivity contribution < 1.29 is 9.90 Å². The molecule has 3 N–H and O–H groups in total. The first-order valence-electron chi connectivity index (χ1n) is 5.73. The van der Waals surface area contributed by atoms with Crippen molar-refractivity contribution >= 4 is 11.5 Å². The van der Waals surface area contributed by atoms with Gasteiger partial charge in [-0.3, -0.25) is 4.79 Å². The summed E-state index contributed by atoms with van der Waals surface area (Å²) in [5.74, 6) is -0.0602. The Bertz CT molecular complexity index is 498. The number of hydrogen-bond donors (Lipinski definition) is 2. The summed E-state index contributed by atoms with van der Waals surface area (Å²) in [7, 11) is 0. The summed E-state index contributed by atoms with van der Waals surface area (Å²) in [6.45, 7) is 1.56. The van der Waals surface area contributed by atoms with Gasteiger partial charge in [0.15, 0.2) is 0 Å². The molecule has 0 saturated carbocycles. The maximum absolute atomic E-state index is 11.8. The lowest BCUT2D eigenvalue weighted by molar-refractivity contribution is -0.117. The van der Waals surface area contributed by atoms with Gasteiger partial charge in [-0.05, 0) is 42.3 Å². The summed E-state index contributed by atoms with van der Waals surface area (Å²) in [6, 6.07) is 14.0. The van der Waals surface area contributed by atoms with Gasteiger partial charge >= 0.3 is 0 Å². The first-order chi connectivity index (χ1) is 8.58. The summed E-state index contributed by atoms with van der Waals surface area (Å²) in [4.78, 5) is 11.8. The number of phenols is 1. The lowest BCUT2D eigenvalue weighted by Gasteiger charge is -2.15. The molecule has 3 heteroatoms. The highest BCUT2D eigenvalue weighted by atomic mass is 16.3. The Hall–Kier alpha value is -2.29. The van der Waals surface area contributed by atoms with E-state index < -0.39 is 0 Å². The van der Waals surface area contributed by atoms with E-state index in [4.69, 9.17) is 5.73 Å². The number of aromatic hydroxyl groups is 1. The standard InChI is InChI=1S/C15H15NO2/c1-10(17)15(11-2-6-13(16)7-3-11)12-4-8-14(18)9-5-12/h2-9,15,18H,16H2,1H3. The van der Waals surface area contributed by atoms with Gasteiger partial charge in [-0.1, -0.05) is 24.3 Å². The van der Waals surface area contributed by atoms with Crippen LogP contribution in [0.2, 0.25) is 0 Å².